The number of carbonyl (C=O) groups excluding carboxylic acids is 3. The minimum Gasteiger partial charge on any atom is -0.490 e. The van der Waals surface area contributed by atoms with Crippen LogP contribution < -0.4 is 20.3 Å². The van der Waals surface area contributed by atoms with Crippen LogP contribution in [0.25, 0.3) is 10.9 Å². The van der Waals surface area contributed by atoms with Crippen molar-refractivity contribution in [2.24, 2.45) is 0 Å². The van der Waals surface area contributed by atoms with Crippen LogP contribution in [-0.4, -0.2) is 67.5 Å². The molecule has 0 unspecified atom stereocenters. The van der Waals surface area contributed by atoms with Crippen molar-refractivity contribution in [2.45, 2.75) is 19.4 Å². The van der Waals surface area contributed by atoms with Crippen molar-refractivity contribution in [1.82, 2.24) is 14.8 Å². The first-order chi connectivity index (χ1) is 16.9. The molecule has 0 fully saturated rings. The van der Waals surface area contributed by atoms with Crippen molar-refractivity contribution in [2.75, 3.05) is 50.6 Å². The Morgan fingerprint density at radius 3 is 2.80 bits per heavy atom. The van der Waals surface area contributed by atoms with Crippen LogP contribution in [0.5, 0.6) is 5.75 Å². The molecule has 2 N–H and O–H groups in total. The zero-order valence-corrected chi connectivity index (χ0v) is 20.0. The first-order valence-corrected chi connectivity index (χ1v) is 11.9. The van der Waals surface area contributed by atoms with Crippen molar-refractivity contribution in [3.63, 3.8) is 0 Å². The summed E-state index contributed by atoms with van der Waals surface area (Å²) in [5.41, 5.74) is 3.22. The van der Waals surface area contributed by atoms with Gasteiger partial charge in [-0.05, 0) is 63.5 Å². The highest BCUT2D eigenvalue weighted by atomic mass is 16.5. The molecule has 182 valence electrons. The fourth-order valence-electron chi connectivity index (χ4n) is 4.64. The molecule has 3 heterocycles. The number of ether oxygens (including phenoxy) is 1. The first kappa shape index (κ1) is 22.9. The molecular weight excluding hydrogens is 446 g/mol. The van der Waals surface area contributed by atoms with Crippen LogP contribution in [0.15, 0.2) is 42.5 Å². The lowest BCUT2D eigenvalue weighted by Gasteiger charge is -2.30. The summed E-state index contributed by atoms with van der Waals surface area (Å²) in [6, 6.07) is 12.6. The molecule has 0 bridgehead atoms. The van der Waals surface area contributed by atoms with Crippen LogP contribution in [0.4, 0.5) is 11.4 Å². The Labute approximate surface area is 203 Å². The fourth-order valence-corrected chi connectivity index (χ4v) is 4.64. The predicted octanol–water partition coefficient (Wildman–Crippen LogP) is 2.70. The fraction of sp³-hybridized carbons (Fsp3) is 0.346. The third kappa shape index (κ3) is 4.59. The van der Waals surface area contributed by atoms with E-state index in [0.29, 0.717) is 61.0 Å². The molecule has 0 atom stereocenters. The Balaban J connectivity index is 1.35. The van der Waals surface area contributed by atoms with E-state index in [2.05, 4.69) is 15.5 Å². The van der Waals surface area contributed by atoms with Crippen LogP contribution >= 0.6 is 0 Å². The molecule has 3 aromatic rings. The average molecular weight is 476 g/mol. The van der Waals surface area contributed by atoms with Crippen LogP contribution in [0.2, 0.25) is 0 Å². The quantitative estimate of drug-likeness (QED) is 0.572. The van der Waals surface area contributed by atoms with E-state index in [1.807, 2.05) is 36.9 Å². The lowest BCUT2D eigenvalue weighted by atomic mass is 10.1. The van der Waals surface area contributed by atoms with Crippen LogP contribution in [0.1, 0.15) is 33.7 Å². The van der Waals surface area contributed by atoms with Crippen molar-refractivity contribution >= 4 is 40.0 Å². The number of nitrogens with zero attached hydrogens (tertiary/aromatic N) is 3. The van der Waals surface area contributed by atoms with Crippen molar-refractivity contribution in [3.8, 4) is 5.75 Å². The highest BCUT2D eigenvalue weighted by molar-refractivity contribution is 6.08. The Morgan fingerprint density at radius 2 is 1.97 bits per heavy atom. The Hall–Kier alpha value is -3.85. The number of aromatic nitrogens is 1. The number of hydrogen-bond donors (Lipinski definition) is 2. The number of fused-ring (bicyclic) bond motifs is 4. The van der Waals surface area contributed by atoms with E-state index in [9.17, 15) is 14.4 Å². The van der Waals surface area contributed by atoms with Gasteiger partial charge in [0.05, 0.1) is 12.2 Å². The Bertz CT molecular complexity index is 1310. The standard InChI is InChI=1S/C26H29N5O4/c1-29(2)10-3-4-24(32)31-12-13-35-23-8-7-19(16-21(23)31)28-25(33)18-6-5-17-14-22-26(34)27-9-11-30(22)20(17)15-18/h5-8,14-16H,3-4,9-13H2,1-2H3,(H,27,34)(H,28,33). The second kappa shape index (κ2) is 9.42. The van der Waals surface area contributed by atoms with Gasteiger partial charge in [-0.3, -0.25) is 14.4 Å². The smallest absolute Gasteiger partial charge is 0.268 e. The average Bonchev–Trinajstić information content (AvgIpc) is 3.22. The summed E-state index contributed by atoms with van der Waals surface area (Å²) >= 11 is 0. The monoisotopic (exact) mass is 475 g/mol. The van der Waals surface area contributed by atoms with E-state index >= 15 is 0 Å². The Morgan fingerprint density at radius 1 is 1.11 bits per heavy atom. The number of carbonyl (C=O) groups is 3. The van der Waals surface area contributed by atoms with Crippen LogP contribution in [0.3, 0.4) is 0 Å². The first-order valence-electron chi connectivity index (χ1n) is 11.9. The molecule has 0 saturated carbocycles. The highest BCUT2D eigenvalue weighted by Crippen LogP contribution is 2.35. The van der Waals surface area contributed by atoms with E-state index in [0.717, 1.165) is 23.9 Å². The van der Waals surface area contributed by atoms with Crippen molar-refractivity contribution in [3.05, 3.63) is 53.7 Å². The third-order valence-electron chi connectivity index (χ3n) is 6.40. The summed E-state index contributed by atoms with van der Waals surface area (Å²) in [4.78, 5) is 41.9. The van der Waals surface area contributed by atoms with Gasteiger partial charge in [-0.25, -0.2) is 0 Å². The zero-order chi connectivity index (χ0) is 24.5. The molecule has 2 aliphatic heterocycles. The maximum atomic E-state index is 13.1. The normalized spacial score (nSPS) is 14.8. The van der Waals surface area contributed by atoms with E-state index < -0.39 is 0 Å². The summed E-state index contributed by atoms with van der Waals surface area (Å²) in [5.74, 6) is 0.320. The molecule has 2 aliphatic rings. The molecule has 0 radical (unpaired) electrons. The van der Waals surface area contributed by atoms with Gasteiger partial charge in [-0.1, -0.05) is 6.07 Å². The van der Waals surface area contributed by atoms with Gasteiger partial charge in [0.25, 0.3) is 11.8 Å². The molecule has 9 nitrogen and oxygen atoms in total. The molecule has 0 aliphatic carbocycles. The predicted molar refractivity (Wildman–Crippen MR) is 134 cm³/mol. The summed E-state index contributed by atoms with van der Waals surface area (Å²) < 4.78 is 7.69. The van der Waals surface area contributed by atoms with E-state index in [4.69, 9.17) is 4.74 Å². The summed E-state index contributed by atoms with van der Waals surface area (Å²) in [6.45, 7) is 3.00. The summed E-state index contributed by atoms with van der Waals surface area (Å²) in [5, 5.41) is 6.71. The van der Waals surface area contributed by atoms with Crippen LogP contribution in [0, 0.1) is 0 Å². The SMILES string of the molecule is CN(C)CCCC(=O)N1CCOc2ccc(NC(=O)c3ccc4cc5n(c4c3)CCNC5=O)cc21. The lowest BCUT2D eigenvalue weighted by Crippen LogP contribution is -2.38. The zero-order valence-electron chi connectivity index (χ0n) is 20.0. The molecule has 35 heavy (non-hydrogen) atoms. The number of amides is 3. The Kier molecular flexibility index (Phi) is 6.17. The molecule has 1 aromatic heterocycles. The number of nitrogens with one attached hydrogen (secondary N) is 2. The molecule has 0 spiro atoms. The largest absolute Gasteiger partial charge is 0.490 e. The number of benzene rings is 2. The molecule has 5 rings (SSSR count). The summed E-state index contributed by atoms with van der Waals surface area (Å²) in [6.07, 6.45) is 1.23. The molecule has 3 amide bonds. The van der Waals surface area contributed by atoms with Crippen molar-refractivity contribution in [1.29, 1.82) is 0 Å². The van der Waals surface area contributed by atoms with Gasteiger partial charge in [-0.2, -0.15) is 0 Å². The van der Waals surface area contributed by atoms with Crippen LogP contribution in [-0.2, 0) is 11.3 Å². The molecule has 9 heteroatoms. The topological polar surface area (TPSA) is 95.9 Å². The van der Waals surface area contributed by atoms with Gasteiger partial charge >= 0.3 is 0 Å². The van der Waals surface area contributed by atoms with Gasteiger partial charge in [-0.15, -0.1) is 0 Å². The van der Waals surface area contributed by atoms with E-state index in [-0.39, 0.29) is 17.7 Å². The van der Waals surface area contributed by atoms with Crippen molar-refractivity contribution < 1.29 is 19.1 Å². The lowest BCUT2D eigenvalue weighted by molar-refractivity contribution is -0.119. The van der Waals surface area contributed by atoms with Gasteiger partial charge < -0.3 is 29.7 Å². The molecule has 2 aromatic carbocycles. The van der Waals surface area contributed by atoms with Gasteiger partial charge in [0.2, 0.25) is 5.91 Å². The number of hydrogen-bond acceptors (Lipinski definition) is 5. The maximum absolute atomic E-state index is 13.1. The molecule has 0 saturated heterocycles. The minimum absolute atomic E-state index is 0.0485. The third-order valence-corrected chi connectivity index (χ3v) is 6.40. The minimum atomic E-state index is -0.261. The molecular formula is C26H29N5O4. The van der Waals surface area contributed by atoms with E-state index in [1.165, 1.54) is 0 Å². The second-order valence-electron chi connectivity index (χ2n) is 9.15. The van der Waals surface area contributed by atoms with Gasteiger partial charge in [0.1, 0.15) is 18.1 Å². The number of rotatable bonds is 6. The maximum Gasteiger partial charge on any atom is 0.268 e. The van der Waals surface area contributed by atoms with Gasteiger partial charge in [0, 0.05) is 41.7 Å². The van der Waals surface area contributed by atoms with E-state index in [1.54, 1.807) is 29.2 Å². The summed E-state index contributed by atoms with van der Waals surface area (Å²) in [7, 11) is 3.98. The van der Waals surface area contributed by atoms with Gasteiger partial charge in [0.15, 0.2) is 0 Å². The second-order valence-corrected chi connectivity index (χ2v) is 9.15. The number of anilines is 2. The highest BCUT2D eigenvalue weighted by Gasteiger charge is 2.24.